The lowest BCUT2D eigenvalue weighted by atomic mass is 9.79. The van der Waals surface area contributed by atoms with Crippen LogP contribution < -0.4 is 16.8 Å². The number of rotatable bonds is 7. The van der Waals surface area contributed by atoms with E-state index in [9.17, 15) is 19.2 Å². The molecule has 5 atom stereocenters. The second-order valence-corrected chi connectivity index (χ2v) is 10.7. The molecule has 30 heavy (non-hydrogen) atoms. The Morgan fingerprint density at radius 3 is 2.30 bits per heavy atom. The van der Waals surface area contributed by atoms with E-state index >= 15 is 0 Å². The molecule has 2 rings (SSSR count). The fourth-order valence-electron chi connectivity index (χ4n) is 4.92. The van der Waals surface area contributed by atoms with Gasteiger partial charge in [-0.05, 0) is 41.9 Å². The van der Waals surface area contributed by atoms with E-state index in [4.69, 9.17) is 11.5 Å². The van der Waals surface area contributed by atoms with Gasteiger partial charge in [-0.15, -0.1) is 0 Å². The molecule has 0 aromatic rings. The van der Waals surface area contributed by atoms with Gasteiger partial charge in [-0.25, -0.2) is 0 Å². The fraction of sp³-hybridized carbons (Fsp3) is 0.818. The Kier molecular flexibility index (Phi) is 7.01. The van der Waals surface area contributed by atoms with Gasteiger partial charge in [0.05, 0.1) is 12.1 Å². The smallest absolute Gasteiger partial charge is 0.287 e. The maximum atomic E-state index is 13.3. The Morgan fingerprint density at radius 2 is 1.80 bits per heavy atom. The van der Waals surface area contributed by atoms with Gasteiger partial charge in [-0.1, -0.05) is 48.0 Å². The fourth-order valence-corrected chi connectivity index (χ4v) is 4.92. The number of amides is 3. The minimum absolute atomic E-state index is 0.00192. The van der Waals surface area contributed by atoms with Gasteiger partial charge in [0.25, 0.3) is 5.91 Å². The molecule has 0 radical (unpaired) electrons. The molecule has 1 saturated heterocycles. The number of nitrogens with zero attached hydrogens (tertiary/aromatic N) is 1. The van der Waals surface area contributed by atoms with Crippen LogP contribution in [0.3, 0.4) is 0 Å². The Balaban J connectivity index is 2.33. The summed E-state index contributed by atoms with van der Waals surface area (Å²) in [6.45, 7) is 12.4. The number of likely N-dealkylation sites (tertiary alicyclic amines) is 1. The molecular formula is C22H38N4O4. The summed E-state index contributed by atoms with van der Waals surface area (Å²) >= 11 is 0. The van der Waals surface area contributed by atoms with Crippen molar-refractivity contribution in [3.8, 4) is 0 Å². The van der Waals surface area contributed by atoms with Crippen molar-refractivity contribution in [1.82, 2.24) is 10.2 Å². The Hall–Kier alpha value is -1.96. The molecule has 3 amide bonds. The van der Waals surface area contributed by atoms with E-state index in [1.807, 2.05) is 27.7 Å². The third-order valence-electron chi connectivity index (χ3n) is 6.98. The first-order valence-corrected chi connectivity index (χ1v) is 10.9. The molecule has 0 bridgehead atoms. The minimum atomic E-state index is -1.07. The second kappa shape index (κ2) is 8.65. The summed E-state index contributed by atoms with van der Waals surface area (Å²) in [7, 11) is 0. The van der Waals surface area contributed by atoms with E-state index in [1.54, 1.807) is 4.90 Å². The first-order chi connectivity index (χ1) is 13.7. The summed E-state index contributed by atoms with van der Waals surface area (Å²) in [5.41, 5.74) is 11.0. The number of hydrogen-bond donors (Lipinski definition) is 3. The van der Waals surface area contributed by atoms with Crippen LogP contribution in [0, 0.1) is 22.7 Å². The number of nitrogens with two attached hydrogens (primary N) is 2. The van der Waals surface area contributed by atoms with Crippen LogP contribution in [-0.2, 0) is 19.2 Å². The van der Waals surface area contributed by atoms with Gasteiger partial charge in [0, 0.05) is 6.54 Å². The van der Waals surface area contributed by atoms with Crippen molar-refractivity contribution in [2.75, 3.05) is 6.54 Å². The summed E-state index contributed by atoms with van der Waals surface area (Å²) in [5, 5.41) is 2.72. The van der Waals surface area contributed by atoms with Gasteiger partial charge >= 0.3 is 0 Å². The van der Waals surface area contributed by atoms with E-state index in [1.165, 1.54) is 0 Å². The Labute approximate surface area is 179 Å². The van der Waals surface area contributed by atoms with E-state index < -0.39 is 41.1 Å². The molecule has 0 aromatic carbocycles. The molecule has 5 N–H and O–H groups in total. The van der Waals surface area contributed by atoms with Crippen LogP contribution in [0.5, 0.6) is 0 Å². The summed E-state index contributed by atoms with van der Waals surface area (Å²) in [6, 6.07) is -2.41. The van der Waals surface area contributed by atoms with Crippen molar-refractivity contribution in [2.45, 2.75) is 85.4 Å². The molecule has 0 spiro atoms. The van der Waals surface area contributed by atoms with Gasteiger partial charge in [-0.3, -0.25) is 19.2 Å². The van der Waals surface area contributed by atoms with Crippen LogP contribution in [0.15, 0.2) is 0 Å². The molecule has 2 fully saturated rings. The summed E-state index contributed by atoms with van der Waals surface area (Å²) in [6.07, 6.45) is 2.71. The average Bonchev–Trinajstić information content (AvgIpc) is 3.16. The largest absolute Gasteiger partial charge is 0.363 e. The molecule has 1 aliphatic heterocycles. The number of nitrogens with one attached hydrogen (secondary N) is 1. The van der Waals surface area contributed by atoms with Crippen LogP contribution in [-0.4, -0.2) is 53.1 Å². The highest BCUT2D eigenvalue weighted by atomic mass is 16.2. The lowest BCUT2D eigenvalue weighted by Crippen LogP contribution is -2.58. The normalized spacial score (nSPS) is 27.3. The highest BCUT2D eigenvalue weighted by Gasteiger charge is 2.56. The third-order valence-corrected chi connectivity index (χ3v) is 6.98. The van der Waals surface area contributed by atoms with Crippen molar-refractivity contribution in [3.63, 3.8) is 0 Å². The van der Waals surface area contributed by atoms with E-state index in [2.05, 4.69) is 19.2 Å². The number of hydrogen-bond acceptors (Lipinski definition) is 5. The minimum Gasteiger partial charge on any atom is -0.363 e. The first-order valence-electron chi connectivity index (χ1n) is 10.9. The molecule has 2 aliphatic rings. The van der Waals surface area contributed by atoms with Gasteiger partial charge in [0.1, 0.15) is 6.04 Å². The first kappa shape index (κ1) is 24.3. The maximum Gasteiger partial charge on any atom is 0.287 e. The van der Waals surface area contributed by atoms with Gasteiger partial charge < -0.3 is 21.7 Å². The number of ketones is 1. The van der Waals surface area contributed by atoms with Crippen LogP contribution in [0.1, 0.15) is 67.2 Å². The van der Waals surface area contributed by atoms with Crippen LogP contribution in [0.25, 0.3) is 0 Å². The van der Waals surface area contributed by atoms with Crippen LogP contribution in [0.4, 0.5) is 0 Å². The summed E-state index contributed by atoms with van der Waals surface area (Å²) in [5.74, 6) is -2.34. The van der Waals surface area contributed by atoms with E-state index in [0.717, 1.165) is 12.8 Å². The lowest BCUT2D eigenvalue weighted by molar-refractivity contribution is -0.143. The highest BCUT2D eigenvalue weighted by Crippen LogP contribution is 2.53. The van der Waals surface area contributed by atoms with Crippen molar-refractivity contribution < 1.29 is 19.2 Å². The monoisotopic (exact) mass is 422 g/mol. The predicted octanol–water partition coefficient (Wildman–Crippen LogP) is 0.962. The SMILES string of the molecule is CCCC(NC(=O)[C@@H]1[C@H]2CCC(C)(C)[C@H]2CN1C(=O)[C@@H](N)C(C)(C)C)C(=O)C(N)=O. The zero-order chi connectivity index (χ0) is 23.0. The quantitative estimate of drug-likeness (QED) is 0.525. The number of carbonyl (C=O) groups excluding carboxylic acids is 4. The topological polar surface area (TPSA) is 136 Å². The molecule has 1 saturated carbocycles. The zero-order valence-electron chi connectivity index (χ0n) is 19.2. The van der Waals surface area contributed by atoms with Crippen LogP contribution >= 0.6 is 0 Å². The van der Waals surface area contributed by atoms with Crippen LogP contribution in [0.2, 0.25) is 0 Å². The summed E-state index contributed by atoms with van der Waals surface area (Å²) < 4.78 is 0. The van der Waals surface area contributed by atoms with Crippen molar-refractivity contribution >= 4 is 23.5 Å². The number of carbonyl (C=O) groups is 4. The second-order valence-electron chi connectivity index (χ2n) is 10.7. The molecular weight excluding hydrogens is 384 g/mol. The molecule has 170 valence electrons. The number of Topliss-reactive ketones (excluding diaryl/α,β-unsaturated/α-hetero) is 1. The molecule has 8 heteroatoms. The molecule has 1 heterocycles. The van der Waals surface area contributed by atoms with Gasteiger partial charge in [0.2, 0.25) is 17.6 Å². The molecule has 1 aliphatic carbocycles. The Morgan fingerprint density at radius 1 is 1.20 bits per heavy atom. The number of fused-ring (bicyclic) bond motifs is 1. The van der Waals surface area contributed by atoms with Crippen molar-refractivity contribution in [3.05, 3.63) is 0 Å². The van der Waals surface area contributed by atoms with E-state index in [-0.39, 0.29) is 23.2 Å². The Bertz CT molecular complexity index is 712. The molecule has 0 aromatic heterocycles. The van der Waals surface area contributed by atoms with E-state index in [0.29, 0.717) is 19.4 Å². The zero-order valence-corrected chi connectivity index (χ0v) is 19.2. The molecule has 1 unspecified atom stereocenters. The average molecular weight is 423 g/mol. The maximum absolute atomic E-state index is 13.3. The molecule has 8 nitrogen and oxygen atoms in total. The van der Waals surface area contributed by atoms with Gasteiger partial charge in [0.15, 0.2) is 0 Å². The van der Waals surface area contributed by atoms with Gasteiger partial charge in [-0.2, -0.15) is 0 Å². The standard InChI is InChI=1S/C22H38N4O4/c1-7-8-14(16(27)18(24)28)25-19(29)15-12-9-10-22(5,6)13(12)11-26(15)20(30)17(23)21(2,3)4/h12-15,17H,7-11,23H2,1-6H3,(H2,24,28)(H,25,29)/t12-,13-,14?,15-,17+/m0/s1. The lowest BCUT2D eigenvalue weighted by Gasteiger charge is -2.34. The predicted molar refractivity (Wildman–Crippen MR) is 114 cm³/mol. The third kappa shape index (κ3) is 4.68. The van der Waals surface area contributed by atoms with Crippen molar-refractivity contribution in [2.24, 2.45) is 34.1 Å². The number of primary amides is 1. The van der Waals surface area contributed by atoms with Crippen molar-refractivity contribution in [1.29, 1.82) is 0 Å². The highest BCUT2D eigenvalue weighted by molar-refractivity contribution is 6.37. The summed E-state index contributed by atoms with van der Waals surface area (Å²) in [4.78, 5) is 51.8.